The van der Waals surface area contributed by atoms with Crippen LogP contribution in [0.3, 0.4) is 0 Å². The van der Waals surface area contributed by atoms with E-state index < -0.39 is 0 Å². The van der Waals surface area contributed by atoms with Gasteiger partial charge in [0.25, 0.3) is 0 Å². The Morgan fingerprint density at radius 3 is 2.72 bits per heavy atom. The van der Waals surface area contributed by atoms with Gasteiger partial charge in [0.05, 0.1) is 18.4 Å². The average Bonchev–Trinajstić information content (AvgIpc) is 2.76. The van der Waals surface area contributed by atoms with Crippen LogP contribution in [0, 0.1) is 25.2 Å². The van der Waals surface area contributed by atoms with Crippen molar-refractivity contribution in [1.82, 2.24) is 15.0 Å². The van der Waals surface area contributed by atoms with E-state index in [-0.39, 0.29) is 13.2 Å². The molecule has 1 N–H and O–H groups in total. The van der Waals surface area contributed by atoms with Crippen LogP contribution in [0.1, 0.15) is 16.8 Å². The topological polar surface area (TPSA) is 74.7 Å². The molecule has 1 aromatic carbocycles. The van der Waals surface area contributed by atoms with Crippen LogP contribution in [0.4, 0.5) is 0 Å². The minimum Gasteiger partial charge on any atom is -0.390 e. The van der Waals surface area contributed by atoms with Crippen molar-refractivity contribution in [2.45, 2.75) is 27.0 Å². The second-order valence-corrected chi connectivity index (χ2v) is 4.16. The number of hydrogen-bond donors (Lipinski definition) is 1. The molecule has 1 aromatic heterocycles. The van der Waals surface area contributed by atoms with Crippen LogP contribution in [-0.2, 0) is 13.2 Å². The van der Waals surface area contributed by atoms with Crippen LogP contribution >= 0.6 is 0 Å². The number of benzene rings is 1. The minimum absolute atomic E-state index is 0.120. The van der Waals surface area contributed by atoms with Crippen molar-refractivity contribution < 1.29 is 5.11 Å². The molecule has 0 amide bonds. The van der Waals surface area contributed by atoms with Crippen molar-refractivity contribution >= 4 is 0 Å². The lowest BCUT2D eigenvalue weighted by Gasteiger charge is -2.07. The highest BCUT2D eigenvalue weighted by atomic mass is 16.3. The molecule has 2 rings (SSSR count). The number of nitrogens with zero attached hydrogens (tertiary/aromatic N) is 4. The number of hydrogen-bond acceptors (Lipinski definition) is 4. The number of aryl methyl sites for hydroxylation is 2. The first-order valence-electron chi connectivity index (χ1n) is 5.65. The molecule has 0 aliphatic rings. The summed E-state index contributed by atoms with van der Waals surface area (Å²) in [7, 11) is 0. The van der Waals surface area contributed by atoms with Gasteiger partial charge >= 0.3 is 0 Å². The summed E-state index contributed by atoms with van der Waals surface area (Å²) < 4.78 is 1.51. The quantitative estimate of drug-likeness (QED) is 0.886. The Labute approximate surface area is 105 Å². The van der Waals surface area contributed by atoms with E-state index in [0.29, 0.717) is 11.4 Å². The van der Waals surface area contributed by atoms with Gasteiger partial charge in [0.15, 0.2) is 0 Å². The molecule has 0 atom stereocenters. The lowest BCUT2D eigenvalue weighted by atomic mass is 10.0. The molecule has 92 valence electrons. The fraction of sp³-hybridized carbons (Fsp3) is 0.308. The Hall–Kier alpha value is -2.19. The molecule has 0 radical (unpaired) electrons. The SMILES string of the molecule is Cc1ccc(-c2c(CO)nnn2CC#N)cc1C. The fourth-order valence-corrected chi connectivity index (χ4v) is 1.84. The van der Waals surface area contributed by atoms with Crippen molar-refractivity contribution in [2.24, 2.45) is 0 Å². The Bertz CT molecular complexity index is 610. The molecular formula is C13H14N4O. The smallest absolute Gasteiger partial charge is 0.130 e. The molecular weight excluding hydrogens is 228 g/mol. The average molecular weight is 242 g/mol. The van der Waals surface area contributed by atoms with E-state index in [1.54, 1.807) is 0 Å². The predicted molar refractivity (Wildman–Crippen MR) is 66.5 cm³/mol. The summed E-state index contributed by atoms with van der Waals surface area (Å²) in [5, 5.41) is 25.8. The highest BCUT2D eigenvalue weighted by Crippen LogP contribution is 2.24. The van der Waals surface area contributed by atoms with Gasteiger partial charge in [-0.1, -0.05) is 17.3 Å². The number of aliphatic hydroxyl groups excluding tert-OH is 1. The zero-order valence-corrected chi connectivity index (χ0v) is 10.4. The highest BCUT2D eigenvalue weighted by molar-refractivity contribution is 5.63. The maximum absolute atomic E-state index is 9.29. The van der Waals surface area contributed by atoms with E-state index in [4.69, 9.17) is 5.26 Å². The third kappa shape index (κ3) is 2.11. The monoisotopic (exact) mass is 242 g/mol. The van der Waals surface area contributed by atoms with Crippen LogP contribution < -0.4 is 0 Å². The summed E-state index contributed by atoms with van der Waals surface area (Å²) in [5.74, 6) is 0. The first-order chi connectivity index (χ1) is 8.67. The molecule has 0 saturated carbocycles. The molecule has 0 unspecified atom stereocenters. The third-order valence-electron chi connectivity index (χ3n) is 2.96. The van der Waals surface area contributed by atoms with Crippen molar-refractivity contribution in [3.05, 3.63) is 35.0 Å². The van der Waals surface area contributed by atoms with Crippen LogP contribution in [0.25, 0.3) is 11.3 Å². The zero-order valence-electron chi connectivity index (χ0n) is 10.4. The van der Waals surface area contributed by atoms with Gasteiger partial charge in [-0.15, -0.1) is 5.10 Å². The second kappa shape index (κ2) is 4.98. The van der Waals surface area contributed by atoms with E-state index in [1.807, 2.05) is 38.1 Å². The van der Waals surface area contributed by atoms with Gasteiger partial charge in [0, 0.05) is 5.56 Å². The Balaban J connectivity index is 2.57. The summed E-state index contributed by atoms with van der Waals surface area (Å²) in [6.45, 7) is 4.00. The minimum atomic E-state index is -0.187. The number of aliphatic hydroxyl groups is 1. The number of aromatic nitrogens is 3. The first kappa shape index (κ1) is 12.3. The van der Waals surface area contributed by atoms with Crippen molar-refractivity contribution in [3.8, 4) is 17.3 Å². The molecule has 0 aliphatic carbocycles. The summed E-state index contributed by atoms with van der Waals surface area (Å²) in [6.07, 6.45) is 0. The maximum atomic E-state index is 9.29. The predicted octanol–water partition coefficient (Wildman–Crippen LogP) is 1.58. The van der Waals surface area contributed by atoms with Crippen molar-refractivity contribution in [3.63, 3.8) is 0 Å². The Kier molecular flexibility index (Phi) is 3.40. The molecule has 0 aliphatic heterocycles. The Morgan fingerprint density at radius 1 is 1.33 bits per heavy atom. The maximum Gasteiger partial charge on any atom is 0.130 e. The lowest BCUT2D eigenvalue weighted by molar-refractivity contribution is 0.277. The van der Waals surface area contributed by atoms with Crippen molar-refractivity contribution in [2.75, 3.05) is 0 Å². The molecule has 2 aromatic rings. The number of rotatable bonds is 3. The number of nitriles is 1. The van der Waals surface area contributed by atoms with Crippen LogP contribution in [-0.4, -0.2) is 20.1 Å². The molecule has 1 heterocycles. The van der Waals surface area contributed by atoms with Crippen LogP contribution in [0.2, 0.25) is 0 Å². The molecule has 5 heteroatoms. The largest absolute Gasteiger partial charge is 0.390 e. The van der Waals surface area contributed by atoms with Gasteiger partial charge in [-0.3, -0.25) is 0 Å². The first-order valence-corrected chi connectivity index (χ1v) is 5.65. The summed E-state index contributed by atoms with van der Waals surface area (Å²) in [4.78, 5) is 0. The van der Waals surface area contributed by atoms with Crippen molar-refractivity contribution in [1.29, 1.82) is 5.26 Å². The molecule has 0 bridgehead atoms. The standard InChI is InChI=1S/C13H14N4O/c1-9-3-4-11(7-10(9)2)13-12(8-18)15-16-17(13)6-5-14/h3-4,7,18H,6,8H2,1-2H3. The third-order valence-corrected chi connectivity index (χ3v) is 2.96. The summed E-state index contributed by atoms with van der Waals surface area (Å²) in [6, 6.07) is 8.01. The molecule has 0 saturated heterocycles. The highest BCUT2D eigenvalue weighted by Gasteiger charge is 2.14. The van der Waals surface area contributed by atoms with E-state index in [1.165, 1.54) is 10.2 Å². The molecule has 0 fully saturated rings. The van der Waals surface area contributed by atoms with E-state index in [0.717, 1.165) is 11.1 Å². The lowest BCUT2D eigenvalue weighted by Crippen LogP contribution is -2.02. The van der Waals surface area contributed by atoms with Gasteiger partial charge in [-0.2, -0.15) is 5.26 Å². The van der Waals surface area contributed by atoms with Gasteiger partial charge in [0.1, 0.15) is 12.2 Å². The Morgan fingerprint density at radius 2 is 2.11 bits per heavy atom. The summed E-state index contributed by atoms with van der Waals surface area (Å²) >= 11 is 0. The van der Waals surface area contributed by atoms with E-state index in [9.17, 15) is 5.11 Å². The molecule has 0 spiro atoms. The summed E-state index contributed by atoms with van der Waals surface area (Å²) in [5.41, 5.74) is 4.47. The van der Waals surface area contributed by atoms with Crippen LogP contribution in [0.15, 0.2) is 18.2 Å². The van der Waals surface area contributed by atoms with E-state index >= 15 is 0 Å². The van der Waals surface area contributed by atoms with Crippen LogP contribution in [0.5, 0.6) is 0 Å². The van der Waals surface area contributed by atoms with Gasteiger partial charge < -0.3 is 5.11 Å². The zero-order chi connectivity index (χ0) is 13.1. The van der Waals surface area contributed by atoms with Gasteiger partial charge in [-0.05, 0) is 31.0 Å². The van der Waals surface area contributed by atoms with E-state index in [2.05, 4.69) is 10.3 Å². The molecule has 18 heavy (non-hydrogen) atoms. The normalized spacial score (nSPS) is 10.3. The second-order valence-electron chi connectivity index (χ2n) is 4.16. The fourth-order valence-electron chi connectivity index (χ4n) is 1.84. The van der Waals surface area contributed by atoms with Gasteiger partial charge in [0.2, 0.25) is 0 Å². The molecule has 5 nitrogen and oxygen atoms in total. The van der Waals surface area contributed by atoms with Gasteiger partial charge in [-0.25, -0.2) is 4.68 Å².